The maximum atomic E-state index is 5.51. The Hall–Kier alpha value is -1.26. The van der Waals surface area contributed by atoms with Gasteiger partial charge in [-0.3, -0.25) is 4.90 Å². The van der Waals surface area contributed by atoms with Crippen LogP contribution < -0.4 is 14.8 Å². The summed E-state index contributed by atoms with van der Waals surface area (Å²) in [5, 5.41) is 3.60. The molecule has 0 radical (unpaired) electrons. The molecule has 21 heavy (non-hydrogen) atoms. The zero-order chi connectivity index (χ0) is 14.8. The molecule has 4 heteroatoms. The Morgan fingerprint density at radius 3 is 2.76 bits per heavy atom. The lowest BCUT2D eigenvalue weighted by Crippen LogP contribution is -2.42. The second kappa shape index (κ2) is 6.24. The summed E-state index contributed by atoms with van der Waals surface area (Å²) in [7, 11) is 0. The second-order valence-electron chi connectivity index (χ2n) is 6.37. The maximum Gasteiger partial charge on any atom is 0.231 e. The van der Waals surface area contributed by atoms with Crippen LogP contribution in [0.25, 0.3) is 0 Å². The molecule has 1 aromatic carbocycles. The third-order valence-corrected chi connectivity index (χ3v) is 4.63. The average molecular weight is 290 g/mol. The molecule has 0 saturated carbocycles. The van der Waals surface area contributed by atoms with Crippen LogP contribution in [0.3, 0.4) is 0 Å². The molecule has 2 aliphatic heterocycles. The lowest BCUT2D eigenvalue weighted by Gasteiger charge is -2.35. The molecule has 4 nitrogen and oxygen atoms in total. The van der Waals surface area contributed by atoms with E-state index in [2.05, 4.69) is 43.1 Å². The fraction of sp³-hybridized carbons (Fsp3) is 0.647. The Kier molecular flexibility index (Phi) is 4.36. The molecule has 1 aromatic rings. The minimum atomic E-state index is 0.340. The zero-order valence-corrected chi connectivity index (χ0v) is 13.3. The van der Waals surface area contributed by atoms with Gasteiger partial charge in [0, 0.05) is 24.7 Å². The van der Waals surface area contributed by atoms with E-state index < -0.39 is 0 Å². The molecular weight excluding hydrogens is 264 g/mol. The van der Waals surface area contributed by atoms with Gasteiger partial charge in [-0.05, 0) is 57.9 Å². The van der Waals surface area contributed by atoms with Crippen LogP contribution >= 0.6 is 0 Å². The fourth-order valence-corrected chi connectivity index (χ4v) is 3.35. The topological polar surface area (TPSA) is 33.7 Å². The predicted octanol–water partition coefficient (Wildman–Crippen LogP) is 2.94. The van der Waals surface area contributed by atoms with Gasteiger partial charge < -0.3 is 14.8 Å². The Morgan fingerprint density at radius 2 is 2.05 bits per heavy atom. The quantitative estimate of drug-likeness (QED) is 0.904. The van der Waals surface area contributed by atoms with Gasteiger partial charge in [0.2, 0.25) is 6.79 Å². The van der Waals surface area contributed by atoms with Crippen LogP contribution in [0.2, 0.25) is 0 Å². The van der Waals surface area contributed by atoms with E-state index in [9.17, 15) is 0 Å². The van der Waals surface area contributed by atoms with Crippen LogP contribution in [0.1, 0.15) is 45.2 Å². The van der Waals surface area contributed by atoms with Gasteiger partial charge in [0.05, 0.1) is 0 Å². The normalized spacial score (nSPS) is 22.2. The number of rotatable bonds is 5. The van der Waals surface area contributed by atoms with Crippen LogP contribution in [0.4, 0.5) is 0 Å². The average Bonchev–Trinajstić information content (AvgIpc) is 3.14. The molecule has 0 spiro atoms. The number of fused-ring (bicyclic) bond motifs is 1. The van der Waals surface area contributed by atoms with Gasteiger partial charge >= 0.3 is 0 Å². The van der Waals surface area contributed by atoms with Crippen LogP contribution in [0.5, 0.6) is 11.5 Å². The lowest BCUT2D eigenvalue weighted by atomic mass is 10.0. The Labute approximate surface area is 127 Å². The highest BCUT2D eigenvalue weighted by Crippen LogP contribution is 2.35. The van der Waals surface area contributed by atoms with Gasteiger partial charge in [-0.2, -0.15) is 0 Å². The summed E-state index contributed by atoms with van der Waals surface area (Å²) in [6, 6.07) is 7.85. The summed E-state index contributed by atoms with van der Waals surface area (Å²) < 4.78 is 10.9. The minimum Gasteiger partial charge on any atom is -0.454 e. The predicted molar refractivity (Wildman–Crippen MR) is 83.8 cm³/mol. The lowest BCUT2D eigenvalue weighted by molar-refractivity contribution is 0.149. The van der Waals surface area contributed by atoms with E-state index in [1.165, 1.54) is 18.4 Å². The fourth-order valence-electron chi connectivity index (χ4n) is 3.35. The molecule has 0 aromatic heterocycles. The molecule has 116 valence electrons. The highest BCUT2D eigenvalue weighted by atomic mass is 16.7. The van der Waals surface area contributed by atoms with Gasteiger partial charge in [-0.15, -0.1) is 0 Å². The van der Waals surface area contributed by atoms with Crippen molar-refractivity contribution in [2.45, 2.75) is 51.7 Å². The third kappa shape index (κ3) is 3.16. The summed E-state index contributed by atoms with van der Waals surface area (Å²) >= 11 is 0. The van der Waals surface area contributed by atoms with E-state index in [0.29, 0.717) is 24.9 Å². The number of nitrogens with zero attached hydrogens (tertiary/aromatic N) is 1. The van der Waals surface area contributed by atoms with E-state index in [1.54, 1.807) is 0 Å². The van der Waals surface area contributed by atoms with Crippen LogP contribution in [-0.4, -0.2) is 36.9 Å². The maximum absolute atomic E-state index is 5.51. The van der Waals surface area contributed by atoms with Crippen molar-refractivity contribution >= 4 is 0 Å². The first-order valence-corrected chi connectivity index (χ1v) is 8.04. The van der Waals surface area contributed by atoms with Gasteiger partial charge in [0.25, 0.3) is 0 Å². The zero-order valence-electron chi connectivity index (χ0n) is 13.3. The molecule has 1 fully saturated rings. The smallest absolute Gasteiger partial charge is 0.231 e. The number of ether oxygens (including phenoxy) is 2. The summed E-state index contributed by atoms with van der Waals surface area (Å²) in [5.74, 6) is 1.74. The van der Waals surface area contributed by atoms with Crippen LogP contribution in [0, 0.1) is 0 Å². The Balaban J connectivity index is 1.75. The molecule has 0 bridgehead atoms. The van der Waals surface area contributed by atoms with E-state index in [1.807, 2.05) is 6.07 Å². The summed E-state index contributed by atoms with van der Waals surface area (Å²) in [5.41, 5.74) is 1.30. The monoisotopic (exact) mass is 290 g/mol. The molecule has 1 N–H and O–H groups in total. The molecule has 2 unspecified atom stereocenters. The van der Waals surface area contributed by atoms with Gasteiger partial charge in [-0.1, -0.05) is 6.07 Å². The van der Waals surface area contributed by atoms with Crippen molar-refractivity contribution in [2.75, 3.05) is 19.9 Å². The minimum absolute atomic E-state index is 0.340. The molecule has 0 aliphatic carbocycles. The van der Waals surface area contributed by atoms with Crippen molar-refractivity contribution in [3.8, 4) is 11.5 Å². The summed E-state index contributed by atoms with van der Waals surface area (Å²) in [6.45, 7) is 9.44. The number of hydrogen-bond donors (Lipinski definition) is 1. The SMILES string of the molecule is CC(C)N(CC1CCCN1)C(C)c1ccc2c(c1)OCO2. The second-order valence-corrected chi connectivity index (χ2v) is 6.37. The first-order chi connectivity index (χ1) is 10.1. The third-order valence-electron chi connectivity index (χ3n) is 4.63. The van der Waals surface area contributed by atoms with E-state index in [-0.39, 0.29) is 0 Å². The largest absolute Gasteiger partial charge is 0.454 e. The first-order valence-electron chi connectivity index (χ1n) is 8.04. The Bertz CT molecular complexity index is 484. The van der Waals surface area contributed by atoms with Gasteiger partial charge in [0.1, 0.15) is 0 Å². The molecule has 2 heterocycles. The number of nitrogens with one attached hydrogen (secondary N) is 1. The van der Waals surface area contributed by atoms with Crippen molar-refractivity contribution in [1.29, 1.82) is 0 Å². The number of benzene rings is 1. The molecular formula is C17H26N2O2. The molecule has 1 saturated heterocycles. The van der Waals surface area contributed by atoms with Gasteiger partial charge in [-0.25, -0.2) is 0 Å². The summed E-state index contributed by atoms with van der Waals surface area (Å²) in [6.07, 6.45) is 2.59. The molecule has 3 rings (SSSR count). The molecule has 2 aliphatic rings. The van der Waals surface area contributed by atoms with Crippen molar-refractivity contribution in [1.82, 2.24) is 10.2 Å². The van der Waals surface area contributed by atoms with E-state index in [4.69, 9.17) is 9.47 Å². The van der Waals surface area contributed by atoms with Crippen LogP contribution in [-0.2, 0) is 0 Å². The van der Waals surface area contributed by atoms with Crippen molar-refractivity contribution in [3.63, 3.8) is 0 Å². The highest BCUT2D eigenvalue weighted by Gasteiger charge is 2.25. The van der Waals surface area contributed by atoms with E-state index in [0.717, 1.165) is 24.6 Å². The van der Waals surface area contributed by atoms with Crippen molar-refractivity contribution in [2.24, 2.45) is 0 Å². The standard InChI is InChI=1S/C17H26N2O2/c1-12(2)19(10-15-5-4-8-18-15)13(3)14-6-7-16-17(9-14)21-11-20-16/h6-7,9,12-13,15,18H,4-5,8,10-11H2,1-3H3. The first kappa shape index (κ1) is 14.7. The van der Waals surface area contributed by atoms with E-state index >= 15 is 0 Å². The Morgan fingerprint density at radius 1 is 1.24 bits per heavy atom. The van der Waals surface area contributed by atoms with Gasteiger partial charge in [0.15, 0.2) is 11.5 Å². The highest BCUT2D eigenvalue weighted by molar-refractivity contribution is 5.45. The van der Waals surface area contributed by atoms with Crippen LogP contribution in [0.15, 0.2) is 18.2 Å². The number of hydrogen-bond acceptors (Lipinski definition) is 4. The van der Waals surface area contributed by atoms with Crippen molar-refractivity contribution < 1.29 is 9.47 Å². The molecule has 2 atom stereocenters. The summed E-state index contributed by atoms with van der Waals surface area (Å²) in [4.78, 5) is 2.57. The molecule has 0 amide bonds. The van der Waals surface area contributed by atoms with Crippen molar-refractivity contribution in [3.05, 3.63) is 23.8 Å².